The first-order chi connectivity index (χ1) is 15.5. The van der Waals surface area contributed by atoms with Gasteiger partial charge in [-0.2, -0.15) is 10.4 Å². The van der Waals surface area contributed by atoms with Crippen molar-refractivity contribution in [3.05, 3.63) is 65.2 Å². The van der Waals surface area contributed by atoms with Crippen LogP contribution < -0.4 is 5.32 Å². The zero-order chi connectivity index (χ0) is 22.7. The van der Waals surface area contributed by atoms with E-state index in [9.17, 15) is 4.79 Å². The van der Waals surface area contributed by atoms with Crippen molar-refractivity contribution in [2.45, 2.75) is 39.7 Å². The van der Waals surface area contributed by atoms with Gasteiger partial charge in [-0.1, -0.05) is 18.6 Å². The number of carbonyl (C=O) groups is 1. The highest BCUT2D eigenvalue weighted by molar-refractivity contribution is 5.98. The van der Waals surface area contributed by atoms with Crippen molar-refractivity contribution in [1.29, 1.82) is 5.26 Å². The van der Waals surface area contributed by atoms with E-state index in [0.29, 0.717) is 36.1 Å². The Bertz CT molecular complexity index is 1150. The number of anilines is 1. The molecule has 1 aliphatic rings. The van der Waals surface area contributed by atoms with Gasteiger partial charge in [-0.25, -0.2) is 14.6 Å². The van der Waals surface area contributed by atoms with Crippen LogP contribution >= 0.6 is 0 Å². The first kappa shape index (κ1) is 21.5. The zero-order valence-electron chi connectivity index (χ0n) is 18.6. The largest absolute Gasteiger partial charge is 0.352 e. The fourth-order valence-electron chi connectivity index (χ4n) is 4.21. The summed E-state index contributed by atoms with van der Waals surface area (Å²) in [7, 11) is 0. The molecular formula is C24H27N7O. The number of nitriles is 1. The van der Waals surface area contributed by atoms with E-state index in [0.717, 1.165) is 29.8 Å². The van der Waals surface area contributed by atoms with Crippen molar-refractivity contribution in [3.8, 4) is 11.8 Å². The highest BCUT2D eigenvalue weighted by Gasteiger charge is 2.33. The summed E-state index contributed by atoms with van der Waals surface area (Å²) in [5.74, 6) is 0.798. The lowest BCUT2D eigenvalue weighted by Crippen LogP contribution is -2.51. The number of likely N-dealkylation sites (tertiary alicyclic amines) is 1. The molecule has 3 aromatic rings. The predicted molar refractivity (Wildman–Crippen MR) is 121 cm³/mol. The lowest BCUT2D eigenvalue weighted by Gasteiger charge is -2.40. The molecule has 1 aromatic carbocycles. The van der Waals surface area contributed by atoms with Crippen LogP contribution in [0.5, 0.6) is 0 Å². The van der Waals surface area contributed by atoms with Crippen molar-refractivity contribution < 1.29 is 4.79 Å². The summed E-state index contributed by atoms with van der Waals surface area (Å²) in [6.45, 7) is 7.36. The molecule has 1 amide bonds. The quantitative estimate of drug-likeness (QED) is 0.666. The number of carbonyl (C=O) groups excluding carboxylic acids is 1. The number of aromatic nitrogens is 4. The minimum atomic E-state index is 0.00298. The van der Waals surface area contributed by atoms with Gasteiger partial charge in [0.05, 0.1) is 40.9 Å². The second-order valence-corrected chi connectivity index (χ2v) is 8.40. The molecule has 0 aliphatic carbocycles. The average molecular weight is 430 g/mol. The molecule has 0 spiro atoms. The van der Waals surface area contributed by atoms with Gasteiger partial charge < -0.3 is 10.2 Å². The third-order valence-electron chi connectivity index (χ3n) is 5.98. The molecule has 1 aliphatic heterocycles. The van der Waals surface area contributed by atoms with Gasteiger partial charge in [0.15, 0.2) is 0 Å². The van der Waals surface area contributed by atoms with Crippen LogP contribution in [0.15, 0.2) is 42.9 Å². The van der Waals surface area contributed by atoms with Gasteiger partial charge in [-0.15, -0.1) is 0 Å². The van der Waals surface area contributed by atoms with E-state index in [-0.39, 0.29) is 11.9 Å². The van der Waals surface area contributed by atoms with Crippen molar-refractivity contribution in [2.24, 2.45) is 5.92 Å². The van der Waals surface area contributed by atoms with Gasteiger partial charge in [-0.05, 0) is 50.8 Å². The minimum absolute atomic E-state index is 0.00298. The topological polar surface area (TPSA) is 99.7 Å². The molecule has 3 heterocycles. The number of nitrogens with one attached hydrogen (secondary N) is 1. The maximum Gasteiger partial charge on any atom is 0.256 e. The number of rotatable bonds is 5. The Morgan fingerprint density at radius 3 is 2.72 bits per heavy atom. The Labute approximate surface area is 187 Å². The van der Waals surface area contributed by atoms with Gasteiger partial charge in [0, 0.05) is 19.3 Å². The Morgan fingerprint density at radius 2 is 2.03 bits per heavy atom. The molecule has 0 bridgehead atoms. The molecule has 8 nitrogen and oxygen atoms in total. The summed E-state index contributed by atoms with van der Waals surface area (Å²) in [5, 5.41) is 16.7. The number of amides is 1. The van der Waals surface area contributed by atoms with Crippen molar-refractivity contribution >= 4 is 11.9 Å². The highest BCUT2D eigenvalue weighted by Crippen LogP contribution is 2.27. The lowest BCUT2D eigenvalue weighted by atomic mass is 9.90. The van der Waals surface area contributed by atoms with E-state index >= 15 is 0 Å². The maximum absolute atomic E-state index is 13.8. The number of benzene rings is 1. The van der Waals surface area contributed by atoms with Crippen LogP contribution in [0.25, 0.3) is 5.69 Å². The number of piperidine rings is 1. The molecule has 4 rings (SSSR count). The number of hydrogen-bond donors (Lipinski definition) is 1. The van der Waals surface area contributed by atoms with Crippen LogP contribution in [0.3, 0.4) is 0 Å². The zero-order valence-corrected chi connectivity index (χ0v) is 18.6. The van der Waals surface area contributed by atoms with Gasteiger partial charge in [-0.3, -0.25) is 4.79 Å². The molecule has 2 atom stereocenters. The Balaban J connectivity index is 1.60. The molecule has 2 aromatic heterocycles. The molecule has 8 heteroatoms. The molecule has 1 fully saturated rings. The summed E-state index contributed by atoms with van der Waals surface area (Å²) in [5.41, 5.74) is 3.79. The van der Waals surface area contributed by atoms with Crippen LogP contribution in [0.4, 0.5) is 5.95 Å². The van der Waals surface area contributed by atoms with Crippen LogP contribution in [0.2, 0.25) is 0 Å². The third-order valence-corrected chi connectivity index (χ3v) is 5.98. The Kier molecular flexibility index (Phi) is 6.17. The summed E-state index contributed by atoms with van der Waals surface area (Å²) in [6, 6.07) is 9.86. The molecular weight excluding hydrogens is 402 g/mol. The average Bonchev–Trinajstić information content (AvgIpc) is 3.24. The monoisotopic (exact) mass is 429 g/mol. The van der Waals surface area contributed by atoms with Gasteiger partial charge in [0.1, 0.15) is 6.07 Å². The van der Waals surface area contributed by atoms with Crippen molar-refractivity contribution in [2.75, 3.05) is 18.4 Å². The molecule has 1 N–H and O–H groups in total. The normalized spacial score (nSPS) is 18.2. The number of aryl methyl sites for hydroxylation is 2. The van der Waals surface area contributed by atoms with E-state index in [2.05, 4.69) is 27.3 Å². The summed E-state index contributed by atoms with van der Waals surface area (Å²) < 4.78 is 1.77. The summed E-state index contributed by atoms with van der Waals surface area (Å²) in [6.07, 6.45) is 6.90. The van der Waals surface area contributed by atoms with Gasteiger partial charge in [0.25, 0.3) is 5.91 Å². The van der Waals surface area contributed by atoms with Crippen LogP contribution in [-0.4, -0.2) is 49.7 Å². The first-order valence-electron chi connectivity index (χ1n) is 10.9. The third kappa shape index (κ3) is 4.47. The second-order valence-electron chi connectivity index (χ2n) is 8.40. The standard InChI is InChI=1S/C24H27N7O/c1-16-6-7-21(31-10-8-18(3)29-31)20(11-16)23(32)30-9-4-5-17(2)22(30)15-28-24-26-13-19(12-25)14-27-24/h6-8,10-11,13-14,17,22H,4-5,9,15H2,1-3H3,(H,26,27,28)/t17-,22?/m1/s1. The first-order valence-corrected chi connectivity index (χ1v) is 10.9. The molecule has 32 heavy (non-hydrogen) atoms. The van der Waals surface area contributed by atoms with Gasteiger partial charge >= 0.3 is 0 Å². The van der Waals surface area contributed by atoms with E-state index in [4.69, 9.17) is 5.26 Å². The van der Waals surface area contributed by atoms with Gasteiger partial charge in [0.2, 0.25) is 5.95 Å². The number of nitrogens with zero attached hydrogens (tertiary/aromatic N) is 6. The van der Waals surface area contributed by atoms with Crippen molar-refractivity contribution in [3.63, 3.8) is 0 Å². The second kappa shape index (κ2) is 9.18. The fourth-order valence-corrected chi connectivity index (χ4v) is 4.21. The SMILES string of the molecule is Cc1ccc(-n2ccc(C)n2)c(C(=O)N2CCC[C@@H](C)C2CNc2ncc(C#N)cn2)c1. The maximum atomic E-state index is 13.8. The van der Waals surface area contributed by atoms with E-state index in [1.54, 1.807) is 4.68 Å². The number of hydrogen-bond acceptors (Lipinski definition) is 6. The van der Waals surface area contributed by atoms with Crippen LogP contribution in [-0.2, 0) is 0 Å². The van der Waals surface area contributed by atoms with E-state index in [1.807, 2.05) is 55.3 Å². The Hall–Kier alpha value is -3.73. The molecule has 0 radical (unpaired) electrons. The molecule has 1 saturated heterocycles. The molecule has 1 unspecified atom stereocenters. The van der Waals surface area contributed by atoms with Crippen LogP contribution in [0, 0.1) is 31.1 Å². The Morgan fingerprint density at radius 1 is 1.25 bits per heavy atom. The molecule has 164 valence electrons. The summed E-state index contributed by atoms with van der Waals surface area (Å²) >= 11 is 0. The minimum Gasteiger partial charge on any atom is -0.352 e. The van der Waals surface area contributed by atoms with Crippen LogP contribution in [0.1, 0.15) is 46.9 Å². The predicted octanol–water partition coefficient (Wildman–Crippen LogP) is 3.50. The molecule has 0 saturated carbocycles. The van der Waals surface area contributed by atoms with Crippen molar-refractivity contribution in [1.82, 2.24) is 24.6 Å². The fraction of sp³-hybridized carbons (Fsp3) is 0.375. The smallest absolute Gasteiger partial charge is 0.256 e. The summed E-state index contributed by atoms with van der Waals surface area (Å²) in [4.78, 5) is 24.2. The lowest BCUT2D eigenvalue weighted by molar-refractivity contribution is 0.0539. The highest BCUT2D eigenvalue weighted by atomic mass is 16.2. The van der Waals surface area contributed by atoms with E-state index in [1.165, 1.54) is 12.4 Å². The van der Waals surface area contributed by atoms with E-state index < -0.39 is 0 Å².